The molecule has 1 aromatic rings. The summed E-state index contributed by atoms with van der Waals surface area (Å²) in [5.41, 5.74) is 7.50. The highest BCUT2D eigenvalue weighted by molar-refractivity contribution is 5.97. The Labute approximate surface area is 108 Å². The standard InChI is InChI=1S/C12H23N5O/c1-4-6-9-10(13)11(16-15-9)12(18)14-7-8-17(3)5-2/h4-8,13H2,1-3H3,(H,14,18)(H,15,16). The van der Waals surface area contributed by atoms with Crippen molar-refractivity contribution >= 4 is 11.6 Å². The van der Waals surface area contributed by atoms with Crippen molar-refractivity contribution in [2.45, 2.75) is 26.7 Å². The number of amides is 1. The molecule has 0 aliphatic carbocycles. The smallest absolute Gasteiger partial charge is 0.273 e. The Bertz CT molecular complexity index is 388. The zero-order valence-corrected chi connectivity index (χ0v) is 11.4. The maximum Gasteiger partial charge on any atom is 0.273 e. The Kier molecular flexibility index (Phi) is 5.64. The number of carbonyl (C=O) groups is 1. The molecule has 18 heavy (non-hydrogen) atoms. The van der Waals surface area contributed by atoms with Crippen molar-refractivity contribution in [3.63, 3.8) is 0 Å². The van der Waals surface area contributed by atoms with Gasteiger partial charge in [0.15, 0.2) is 5.69 Å². The summed E-state index contributed by atoms with van der Waals surface area (Å²) >= 11 is 0. The van der Waals surface area contributed by atoms with E-state index in [1.165, 1.54) is 0 Å². The Balaban J connectivity index is 2.51. The molecule has 0 saturated heterocycles. The van der Waals surface area contributed by atoms with E-state index in [2.05, 4.69) is 34.3 Å². The number of nitrogens with zero attached hydrogens (tertiary/aromatic N) is 2. The number of carbonyl (C=O) groups excluding carboxylic acids is 1. The lowest BCUT2D eigenvalue weighted by molar-refractivity contribution is 0.0946. The first-order chi connectivity index (χ1) is 8.60. The van der Waals surface area contributed by atoms with Crippen LogP contribution in [0, 0.1) is 0 Å². The van der Waals surface area contributed by atoms with Crippen molar-refractivity contribution < 1.29 is 4.79 Å². The number of nitrogens with one attached hydrogen (secondary N) is 2. The molecule has 0 aromatic carbocycles. The van der Waals surface area contributed by atoms with Crippen molar-refractivity contribution in [3.05, 3.63) is 11.4 Å². The molecule has 1 aromatic heterocycles. The van der Waals surface area contributed by atoms with Crippen molar-refractivity contribution in [2.75, 3.05) is 32.4 Å². The first kappa shape index (κ1) is 14.5. The second kappa shape index (κ2) is 7.00. The van der Waals surface area contributed by atoms with Gasteiger partial charge in [0.1, 0.15) is 0 Å². The molecule has 1 rings (SSSR count). The van der Waals surface area contributed by atoms with Crippen LogP contribution >= 0.6 is 0 Å². The minimum absolute atomic E-state index is 0.212. The molecule has 102 valence electrons. The highest BCUT2D eigenvalue weighted by Gasteiger charge is 2.16. The van der Waals surface area contributed by atoms with Crippen molar-refractivity contribution in [2.24, 2.45) is 0 Å². The number of aromatic nitrogens is 2. The Hall–Kier alpha value is -1.56. The Morgan fingerprint density at radius 1 is 1.50 bits per heavy atom. The molecule has 0 fully saturated rings. The van der Waals surface area contributed by atoms with Gasteiger partial charge >= 0.3 is 0 Å². The van der Waals surface area contributed by atoms with Gasteiger partial charge in [-0.2, -0.15) is 5.10 Å². The van der Waals surface area contributed by atoms with Crippen molar-refractivity contribution in [1.82, 2.24) is 20.4 Å². The first-order valence-electron chi connectivity index (χ1n) is 6.39. The third kappa shape index (κ3) is 3.73. The largest absolute Gasteiger partial charge is 0.395 e. The number of anilines is 1. The van der Waals surface area contributed by atoms with Crippen LogP contribution < -0.4 is 11.1 Å². The summed E-state index contributed by atoms with van der Waals surface area (Å²) in [6.45, 7) is 6.50. The molecule has 1 heterocycles. The Morgan fingerprint density at radius 3 is 2.83 bits per heavy atom. The van der Waals surface area contributed by atoms with E-state index in [0.717, 1.165) is 31.6 Å². The highest BCUT2D eigenvalue weighted by Crippen LogP contribution is 2.15. The third-order valence-corrected chi connectivity index (χ3v) is 2.92. The number of aromatic amines is 1. The van der Waals surface area contributed by atoms with E-state index >= 15 is 0 Å². The maximum absolute atomic E-state index is 11.9. The first-order valence-corrected chi connectivity index (χ1v) is 6.39. The van der Waals surface area contributed by atoms with E-state index in [1.54, 1.807) is 0 Å². The van der Waals surface area contributed by atoms with E-state index < -0.39 is 0 Å². The topological polar surface area (TPSA) is 87.0 Å². The van der Waals surface area contributed by atoms with Gasteiger partial charge in [-0.1, -0.05) is 20.3 Å². The molecule has 4 N–H and O–H groups in total. The molecule has 1 amide bonds. The SMILES string of the molecule is CCCc1[nH]nc(C(=O)NCCN(C)CC)c1N. The van der Waals surface area contributed by atoms with Crippen LogP contribution in [0.15, 0.2) is 0 Å². The quantitative estimate of drug-likeness (QED) is 0.665. The summed E-state index contributed by atoms with van der Waals surface area (Å²) in [6, 6.07) is 0. The van der Waals surface area contributed by atoms with Crippen molar-refractivity contribution in [3.8, 4) is 0 Å². The molecule has 0 radical (unpaired) electrons. The summed E-state index contributed by atoms with van der Waals surface area (Å²) in [6.07, 6.45) is 1.78. The number of hydrogen-bond donors (Lipinski definition) is 3. The molecule has 6 nitrogen and oxygen atoms in total. The molecule has 0 unspecified atom stereocenters. The minimum Gasteiger partial charge on any atom is -0.395 e. The van der Waals surface area contributed by atoms with Gasteiger partial charge in [0.2, 0.25) is 0 Å². The lowest BCUT2D eigenvalue weighted by atomic mass is 10.2. The van der Waals surface area contributed by atoms with E-state index in [9.17, 15) is 4.79 Å². The van der Waals surface area contributed by atoms with Gasteiger partial charge in [-0.25, -0.2) is 0 Å². The summed E-state index contributed by atoms with van der Waals surface area (Å²) in [4.78, 5) is 14.0. The number of nitrogens with two attached hydrogens (primary N) is 1. The lowest BCUT2D eigenvalue weighted by Gasteiger charge is -2.13. The molecule has 0 saturated carbocycles. The summed E-state index contributed by atoms with van der Waals surface area (Å²) < 4.78 is 0. The van der Waals surface area contributed by atoms with Crippen LogP contribution in [-0.4, -0.2) is 47.7 Å². The van der Waals surface area contributed by atoms with E-state index in [4.69, 9.17) is 5.73 Å². The summed E-state index contributed by atoms with van der Waals surface area (Å²) in [5, 5.41) is 9.61. The van der Waals surface area contributed by atoms with Crippen LogP contribution in [0.5, 0.6) is 0 Å². The van der Waals surface area contributed by atoms with E-state index in [-0.39, 0.29) is 5.91 Å². The molecule has 0 aliphatic rings. The fraction of sp³-hybridized carbons (Fsp3) is 0.667. The molecular weight excluding hydrogens is 230 g/mol. The fourth-order valence-corrected chi connectivity index (χ4v) is 1.60. The van der Waals surface area contributed by atoms with Gasteiger partial charge in [0, 0.05) is 13.1 Å². The molecule has 0 bridgehead atoms. The monoisotopic (exact) mass is 253 g/mol. The third-order valence-electron chi connectivity index (χ3n) is 2.92. The van der Waals surface area contributed by atoms with E-state index in [1.807, 2.05) is 7.05 Å². The number of hydrogen-bond acceptors (Lipinski definition) is 4. The van der Waals surface area contributed by atoms with Gasteiger partial charge in [0.05, 0.1) is 11.4 Å². The zero-order chi connectivity index (χ0) is 13.5. The minimum atomic E-state index is -0.212. The fourth-order valence-electron chi connectivity index (χ4n) is 1.60. The lowest BCUT2D eigenvalue weighted by Crippen LogP contribution is -2.33. The number of nitrogen functional groups attached to an aromatic ring is 1. The average molecular weight is 253 g/mol. The molecule has 6 heteroatoms. The van der Waals surface area contributed by atoms with E-state index in [0.29, 0.717) is 17.9 Å². The van der Waals surface area contributed by atoms with Crippen LogP contribution in [0.2, 0.25) is 0 Å². The normalized spacial score (nSPS) is 10.9. The van der Waals surface area contributed by atoms with Gasteiger partial charge in [0.25, 0.3) is 5.91 Å². The average Bonchev–Trinajstić information content (AvgIpc) is 2.71. The van der Waals surface area contributed by atoms with Gasteiger partial charge in [-0.15, -0.1) is 0 Å². The Morgan fingerprint density at radius 2 is 2.22 bits per heavy atom. The number of likely N-dealkylation sites (N-methyl/N-ethyl adjacent to an activating group) is 1. The van der Waals surface area contributed by atoms with Crippen LogP contribution in [0.25, 0.3) is 0 Å². The van der Waals surface area contributed by atoms with Gasteiger partial charge in [-0.3, -0.25) is 9.89 Å². The van der Waals surface area contributed by atoms with Crippen LogP contribution in [0.1, 0.15) is 36.5 Å². The zero-order valence-electron chi connectivity index (χ0n) is 11.4. The molecule has 0 aliphatic heterocycles. The summed E-state index contributed by atoms with van der Waals surface area (Å²) in [7, 11) is 2.01. The second-order valence-electron chi connectivity index (χ2n) is 4.37. The second-order valence-corrected chi connectivity index (χ2v) is 4.37. The van der Waals surface area contributed by atoms with Crippen LogP contribution in [0.3, 0.4) is 0 Å². The predicted molar refractivity (Wildman–Crippen MR) is 72.5 cm³/mol. The number of aryl methyl sites for hydroxylation is 1. The number of H-pyrrole nitrogens is 1. The van der Waals surface area contributed by atoms with Gasteiger partial charge < -0.3 is 16.0 Å². The molecule has 0 atom stereocenters. The highest BCUT2D eigenvalue weighted by atomic mass is 16.1. The van der Waals surface area contributed by atoms with Crippen LogP contribution in [0.4, 0.5) is 5.69 Å². The molecular formula is C12H23N5O. The predicted octanol–water partition coefficient (Wildman–Crippen LogP) is 0.626. The van der Waals surface area contributed by atoms with Crippen molar-refractivity contribution in [1.29, 1.82) is 0 Å². The van der Waals surface area contributed by atoms with Gasteiger partial charge in [-0.05, 0) is 20.0 Å². The summed E-state index contributed by atoms with van der Waals surface area (Å²) in [5.74, 6) is -0.212. The van der Waals surface area contributed by atoms with Crippen LogP contribution in [-0.2, 0) is 6.42 Å². The maximum atomic E-state index is 11.9. The molecule has 0 spiro atoms. The number of rotatable bonds is 7.